The van der Waals surface area contributed by atoms with Crippen molar-refractivity contribution in [2.45, 2.75) is 30.7 Å². The predicted molar refractivity (Wildman–Crippen MR) is 129 cm³/mol. The Morgan fingerprint density at radius 3 is 2.52 bits per heavy atom. The monoisotopic (exact) mass is 460 g/mol. The molecule has 0 bridgehead atoms. The summed E-state index contributed by atoms with van der Waals surface area (Å²) in [6.07, 6.45) is 2.29. The van der Waals surface area contributed by atoms with Crippen molar-refractivity contribution in [3.63, 3.8) is 0 Å². The quantitative estimate of drug-likeness (QED) is 0.442. The zero-order valence-electron chi connectivity index (χ0n) is 18.2. The molecule has 0 spiro atoms. The Balaban J connectivity index is 1.43. The van der Waals surface area contributed by atoms with Gasteiger partial charge in [-0.25, -0.2) is 13.1 Å². The third-order valence-corrected chi connectivity index (χ3v) is 7.49. The van der Waals surface area contributed by atoms with Crippen LogP contribution in [0.1, 0.15) is 30.3 Å². The van der Waals surface area contributed by atoms with E-state index < -0.39 is 15.9 Å². The summed E-state index contributed by atoms with van der Waals surface area (Å²) in [4.78, 5) is 15.2. The molecule has 7 heteroatoms. The summed E-state index contributed by atoms with van der Waals surface area (Å²) in [5.41, 5.74) is 2.86. The molecule has 1 aromatic heterocycles. The van der Waals surface area contributed by atoms with Crippen molar-refractivity contribution in [1.29, 1.82) is 0 Å². The van der Waals surface area contributed by atoms with Crippen LogP contribution in [0, 0.1) is 0 Å². The fourth-order valence-corrected chi connectivity index (χ4v) is 5.60. The van der Waals surface area contributed by atoms with Gasteiger partial charge in [-0.15, -0.1) is 0 Å². The number of nitrogens with zero attached hydrogens (tertiary/aromatic N) is 1. The van der Waals surface area contributed by atoms with Crippen molar-refractivity contribution in [3.05, 3.63) is 84.6 Å². The van der Waals surface area contributed by atoms with E-state index in [-0.39, 0.29) is 10.7 Å². The number of sulfonamides is 1. The Kier molecular flexibility index (Phi) is 5.42. The molecule has 0 aliphatic carbocycles. The second kappa shape index (κ2) is 8.41. The van der Waals surface area contributed by atoms with E-state index in [0.717, 1.165) is 36.0 Å². The molecule has 1 amide bonds. The first-order valence-corrected chi connectivity index (χ1v) is 12.4. The fourth-order valence-electron chi connectivity index (χ4n) is 4.41. The minimum absolute atomic E-state index is 0.0333. The van der Waals surface area contributed by atoms with E-state index in [1.165, 1.54) is 6.07 Å². The molecule has 0 radical (unpaired) electrons. The van der Waals surface area contributed by atoms with Gasteiger partial charge in [-0.1, -0.05) is 48.5 Å². The van der Waals surface area contributed by atoms with Crippen LogP contribution in [0.3, 0.4) is 0 Å². The molecule has 168 valence electrons. The zero-order valence-corrected chi connectivity index (χ0v) is 19.0. The topological polar surface area (TPSA) is 79.6 Å². The van der Waals surface area contributed by atoms with Gasteiger partial charge >= 0.3 is 5.91 Å². The zero-order chi connectivity index (χ0) is 23.0. The number of furan rings is 1. The number of nitrogens with one attached hydrogen (secondary N) is 1. The molecule has 5 rings (SSSR count). The third kappa shape index (κ3) is 4.12. The van der Waals surface area contributed by atoms with Crippen LogP contribution >= 0.6 is 0 Å². The first kappa shape index (κ1) is 21.3. The Bertz CT molecular complexity index is 1430. The number of hydrogen-bond donors (Lipinski definition) is 1. The third-order valence-electron chi connectivity index (χ3n) is 6.10. The lowest BCUT2D eigenvalue weighted by Crippen LogP contribution is -2.30. The molecule has 2 heterocycles. The van der Waals surface area contributed by atoms with E-state index in [1.807, 2.05) is 48.5 Å². The van der Waals surface area contributed by atoms with Gasteiger partial charge in [-0.3, -0.25) is 4.79 Å². The highest BCUT2D eigenvalue weighted by Gasteiger charge is 2.25. The standard InChI is InChI=1S/C26H24N2O4S/c1-18-8-7-15-28(18)21-14-13-20-16-24(32-23(20)17-21)26(29)27-33(30,31)25-12-6-5-11-22(25)19-9-3-2-4-10-19/h2-6,9-14,16-18H,7-8,15H2,1H3,(H,27,29). The van der Waals surface area contributed by atoms with E-state index >= 15 is 0 Å². The SMILES string of the molecule is CC1CCCN1c1ccc2cc(C(=O)NS(=O)(=O)c3ccccc3-c3ccccc3)oc2c1. The lowest BCUT2D eigenvalue weighted by atomic mass is 10.1. The van der Waals surface area contributed by atoms with Gasteiger partial charge in [0.05, 0.1) is 4.90 Å². The molecule has 0 saturated carbocycles. The van der Waals surface area contributed by atoms with Gasteiger partial charge < -0.3 is 9.32 Å². The molecule has 33 heavy (non-hydrogen) atoms. The van der Waals surface area contributed by atoms with Crippen molar-refractivity contribution in [2.75, 3.05) is 11.4 Å². The molecule has 1 atom stereocenters. The van der Waals surface area contributed by atoms with Crippen molar-refractivity contribution in [2.24, 2.45) is 0 Å². The molecule has 1 fully saturated rings. The van der Waals surface area contributed by atoms with Gasteiger partial charge in [-0.05, 0) is 49.6 Å². The largest absolute Gasteiger partial charge is 0.451 e. The van der Waals surface area contributed by atoms with Crippen molar-refractivity contribution < 1.29 is 17.6 Å². The van der Waals surface area contributed by atoms with E-state index in [0.29, 0.717) is 17.2 Å². The van der Waals surface area contributed by atoms with Gasteiger partial charge in [0.2, 0.25) is 0 Å². The van der Waals surface area contributed by atoms with Crippen LogP contribution in [0.5, 0.6) is 0 Å². The summed E-state index contributed by atoms with van der Waals surface area (Å²) < 4.78 is 34.1. The van der Waals surface area contributed by atoms with Gasteiger partial charge in [0.1, 0.15) is 5.58 Å². The second-order valence-electron chi connectivity index (χ2n) is 8.31. The maximum atomic E-state index is 13.1. The van der Waals surface area contributed by atoms with Gasteiger partial charge in [0, 0.05) is 35.3 Å². The Hall–Kier alpha value is -3.58. The normalized spacial score (nSPS) is 16.3. The molecule has 1 saturated heterocycles. The Morgan fingerprint density at radius 2 is 1.76 bits per heavy atom. The fraction of sp³-hybridized carbons (Fsp3) is 0.192. The minimum Gasteiger partial charge on any atom is -0.451 e. The van der Waals surface area contributed by atoms with Crippen LogP contribution in [0.2, 0.25) is 0 Å². The summed E-state index contributed by atoms with van der Waals surface area (Å²) in [5.74, 6) is -0.845. The maximum Gasteiger partial charge on any atom is 0.300 e. The first-order chi connectivity index (χ1) is 15.9. The van der Waals surface area contributed by atoms with Gasteiger partial charge in [-0.2, -0.15) is 0 Å². The van der Waals surface area contributed by atoms with Crippen LogP contribution in [0.25, 0.3) is 22.1 Å². The van der Waals surface area contributed by atoms with Crippen molar-refractivity contribution in [3.8, 4) is 11.1 Å². The number of hydrogen-bond acceptors (Lipinski definition) is 5. The summed E-state index contributed by atoms with van der Waals surface area (Å²) >= 11 is 0. The van der Waals surface area contributed by atoms with Crippen LogP contribution in [-0.4, -0.2) is 26.9 Å². The second-order valence-corrected chi connectivity index (χ2v) is 9.97. The van der Waals surface area contributed by atoms with E-state index in [1.54, 1.807) is 24.3 Å². The lowest BCUT2D eigenvalue weighted by Gasteiger charge is -2.23. The molecular formula is C26H24N2O4S. The highest BCUT2D eigenvalue weighted by atomic mass is 32.2. The average Bonchev–Trinajstić information content (AvgIpc) is 3.45. The molecule has 1 aliphatic heterocycles. The number of anilines is 1. The Labute approximate surface area is 192 Å². The minimum atomic E-state index is -4.12. The smallest absolute Gasteiger partial charge is 0.300 e. The lowest BCUT2D eigenvalue weighted by molar-refractivity contribution is 0.0956. The molecule has 1 N–H and O–H groups in total. The number of rotatable bonds is 5. The number of carbonyl (C=O) groups is 1. The van der Waals surface area contributed by atoms with E-state index in [9.17, 15) is 13.2 Å². The molecule has 3 aromatic carbocycles. The molecule has 6 nitrogen and oxygen atoms in total. The van der Waals surface area contributed by atoms with E-state index in [4.69, 9.17) is 4.42 Å². The summed E-state index contributed by atoms with van der Waals surface area (Å²) in [6.45, 7) is 3.18. The van der Waals surface area contributed by atoms with Crippen LogP contribution in [-0.2, 0) is 10.0 Å². The molecule has 1 aliphatic rings. The van der Waals surface area contributed by atoms with Crippen molar-refractivity contribution >= 4 is 32.6 Å². The van der Waals surface area contributed by atoms with Crippen molar-refractivity contribution in [1.82, 2.24) is 4.72 Å². The van der Waals surface area contributed by atoms with Crippen LogP contribution in [0.4, 0.5) is 5.69 Å². The number of fused-ring (bicyclic) bond motifs is 1. The van der Waals surface area contributed by atoms with Gasteiger partial charge in [0.25, 0.3) is 10.0 Å². The summed E-state index contributed by atoms with van der Waals surface area (Å²) in [5, 5.41) is 0.748. The maximum absolute atomic E-state index is 13.1. The molecule has 4 aromatic rings. The van der Waals surface area contributed by atoms with Crippen LogP contribution < -0.4 is 9.62 Å². The highest BCUT2D eigenvalue weighted by molar-refractivity contribution is 7.90. The molecular weight excluding hydrogens is 436 g/mol. The Morgan fingerprint density at radius 1 is 1.00 bits per heavy atom. The average molecular weight is 461 g/mol. The number of benzene rings is 3. The summed E-state index contributed by atoms with van der Waals surface area (Å²) in [6, 6.07) is 23.6. The number of carbonyl (C=O) groups excluding carboxylic acids is 1. The number of amides is 1. The van der Waals surface area contributed by atoms with Crippen LogP contribution in [0.15, 0.2) is 88.2 Å². The highest BCUT2D eigenvalue weighted by Crippen LogP contribution is 2.31. The van der Waals surface area contributed by atoms with Gasteiger partial charge in [0.15, 0.2) is 5.76 Å². The summed E-state index contributed by atoms with van der Waals surface area (Å²) in [7, 11) is -4.12. The first-order valence-electron chi connectivity index (χ1n) is 10.9. The van der Waals surface area contributed by atoms with E-state index in [2.05, 4.69) is 16.5 Å². The predicted octanol–water partition coefficient (Wildman–Crippen LogP) is 5.21. The molecule has 1 unspecified atom stereocenters.